The molecule has 0 bridgehead atoms. The van der Waals surface area contributed by atoms with Gasteiger partial charge >= 0.3 is 0 Å². The molecule has 226 valence electrons. The monoisotopic (exact) mass is 570 g/mol. The largest absolute Gasteiger partial charge is 0.394 e. The molecule has 3 saturated heterocycles. The van der Waals surface area contributed by atoms with Gasteiger partial charge in [0.1, 0.15) is 67.0 Å². The molecule has 0 aromatic rings. The maximum Gasteiger partial charge on any atom is 0.217 e. The molecule has 39 heavy (non-hydrogen) atoms. The molecule has 17 nitrogen and oxygen atoms in total. The average molecular weight is 571 g/mol. The lowest BCUT2D eigenvalue weighted by atomic mass is 9.94. The van der Waals surface area contributed by atoms with E-state index in [4.69, 9.17) is 23.7 Å². The average Bonchev–Trinajstić information content (AvgIpc) is 2.87. The van der Waals surface area contributed by atoms with Crippen LogP contribution in [-0.2, 0) is 33.3 Å². The van der Waals surface area contributed by atoms with Crippen LogP contribution in [0.2, 0.25) is 0 Å². The van der Waals surface area contributed by atoms with Gasteiger partial charge in [0, 0.05) is 13.8 Å². The number of rotatable bonds is 8. The smallest absolute Gasteiger partial charge is 0.217 e. The van der Waals surface area contributed by atoms with Gasteiger partial charge in [0.05, 0.1) is 19.3 Å². The number of hydrogen-bond donors (Lipinski definition) is 10. The quantitative estimate of drug-likeness (QED) is 0.130. The minimum Gasteiger partial charge on any atom is -0.394 e. The standard InChI is InChI=1S/C22H38N2O15/c1-6-13(28)17(32)18(33)22(36-6)35-5-10-19(16(31)11(20(34)37-10)23-7(2)26)39-21-12(24-8(3)27)15(30)14(29)9(4-25)38-21/h6,9-22,25,28-34H,4-5H2,1-3H3,(H,23,26)(H,24,27)/t6-,9+,10+,11+,12+,13+,14+,15+,16+,17+,18-,19+,20-,21+,22-/m0/s1. The molecule has 2 amide bonds. The van der Waals surface area contributed by atoms with E-state index < -0.39 is 117 Å². The normalized spacial score (nSPS) is 46.9. The summed E-state index contributed by atoms with van der Waals surface area (Å²) in [6, 6.07) is -2.80. The van der Waals surface area contributed by atoms with Crippen LogP contribution in [0, 0.1) is 0 Å². The molecule has 0 radical (unpaired) electrons. The Bertz CT molecular complexity index is 837. The number of nitrogens with one attached hydrogen (secondary N) is 2. The molecule has 0 unspecified atom stereocenters. The van der Waals surface area contributed by atoms with Gasteiger partial charge in [-0.05, 0) is 6.92 Å². The van der Waals surface area contributed by atoms with Gasteiger partial charge in [0.25, 0.3) is 0 Å². The molecular weight excluding hydrogens is 532 g/mol. The number of aliphatic hydroxyl groups is 8. The summed E-state index contributed by atoms with van der Waals surface area (Å²) in [4.78, 5) is 23.4. The van der Waals surface area contributed by atoms with Gasteiger partial charge in [-0.1, -0.05) is 0 Å². The van der Waals surface area contributed by atoms with Crippen molar-refractivity contribution in [3.63, 3.8) is 0 Å². The first-order valence-electron chi connectivity index (χ1n) is 12.4. The van der Waals surface area contributed by atoms with Gasteiger partial charge in [0.15, 0.2) is 18.9 Å². The van der Waals surface area contributed by atoms with Crippen LogP contribution in [0.4, 0.5) is 0 Å². The number of amides is 2. The van der Waals surface area contributed by atoms with Crippen LogP contribution >= 0.6 is 0 Å². The zero-order valence-corrected chi connectivity index (χ0v) is 21.5. The molecule has 17 heteroatoms. The number of hydrogen-bond acceptors (Lipinski definition) is 15. The molecule has 3 fully saturated rings. The highest BCUT2D eigenvalue weighted by molar-refractivity contribution is 5.73. The van der Waals surface area contributed by atoms with Crippen molar-refractivity contribution in [2.45, 2.75) is 113 Å². The van der Waals surface area contributed by atoms with Crippen LogP contribution in [0.15, 0.2) is 0 Å². The maximum absolute atomic E-state index is 11.8. The Morgan fingerprint density at radius 3 is 1.92 bits per heavy atom. The summed E-state index contributed by atoms with van der Waals surface area (Å²) in [6.45, 7) is 2.42. The number of carbonyl (C=O) groups excluding carboxylic acids is 2. The van der Waals surface area contributed by atoms with Crippen molar-refractivity contribution in [1.29, 1.82) is 0 Å². The Kier molecular flexibility index (Phi) is 11.0. The van der Waals surface area contributed by atoms with Crippen molar-refractivity contribution in [3.8, 4) is 0 Å². The Labute approximate surface area is 223 Å². The highest BCUT2D eigenvalue weighted by Crippen LogP contribution is 2.30. The highest BCUT2D eigenvalue weighted by atomic mass is 16.7. The third-order valence-electron chi connectivity index (χ3n) is 6.84. The van der Waals surface area contributed by atoms with E-state index in [1.807, 2.05) is 0 Å². The molecule has 0 aliphatic carbocycles. The lowest BCUT2D eigenvalue weighted by Crippen LogP contribution is -2.69. The summed E-state index contributed by atoms with van der Waals surface area (Å²) in [5, 5.41) is 86.8. The second kappa shape index (κ2) is 13.4. The van der Waals surface area contributed by atoms with Crippen LogP contribution in [0.1, 0.15) is 20.8 Å². The Morgan fingerprint density at radius 1 is 0.718 bits per heavy atom. The number of aliphatic hydroxyl groups excluding tert-OH is 8. The van der Waals surface area contributed by atoms with Crippen molar-refractivity contribution in [1.82, 2.24) is 10.6 Å². The van der Waals surface area contributed by atoms with Crippen LogP contribution < -0.4 is 10.6 Å². The zero-order valence-electron chi connectivity index (χ0n) is 21.5. The van der Waals surface area contributed by atoms with Crippen molar-refractivity contribution in [2.75, 3.05) is 13.2 Å². The molecule has 0 aromatic heterocycles. The molecule has 3 heterocycles. The van der Waals surface area contributed by atoms with Crippen molar-refractivity contribution < 1.29 is 74.1 Å². The topological polar surface area (TPSA) is 266 Å². The van der Waals surface area contributed by atoms with E-state index in [1.165, 1.54) is 6.92 Å². The van der Waals surface area contributed by atoms with E-state index in [-0.39, 0.29) is 0 Å². The molecule has 15 atom stereocenters. The molecule has 3 rings (SSSR count). The van der Waals surface area contributed by atoms with Crippen molar-refractivity contribution >= 4 is 11.8 Å². The third-order valence-corrected chi connectivity index (χ3v) is 6.84. The second-order valence-corrected chi connectivity index (χ2v) is 9.83. The van der Waals surface area contributed by atoms with Gasteiger partial charge in [-0.3, -0.25) is 9.59 Å². The van der Waals surface area contributed by atoms with Crippen LogP contribution in [-0.4, -0.2) is 158 Å². The third kappa shape index (κ3) is 7.20. The maximum atomic E-state index is 11.8. The SMILES string of the molecule is CC(=O)N[C@@H]1[C@@H](O)[C@H](O[C@H]2O[C@H](CO)[C@@H](O)[C@H](O)[C@H]2NC(C)=O)[C@@H](CO[C@H]2O[C@@H](C)[C@@H](O)[C@@H](O)[C@@H]2O)O[C@@H]1O. The first-order chi connectivity index (χ1) is 18.3. The molecule has 3 aliphatic heterocycles. The second-order valence-electron chi connectivity index (χ2n) is 9.83. The minimum atomic E-state index is -1.77. The van der Waals surface area contributed by atoms with Gasteiger partial charge in [-0.15, -0.1) is 0 Å². The predicted molar refractivity (Wildman–Crippen MR) is 123 cm³/mol. The lowest BCUT2D eigenvalue weighted by Gasteiger charge is -2.48. The molecule has 0 aromatic carbocycles. The Morgan fingerprint density at radius 2 is 1.33 bits per heavy atom. The van der Waals surface area contributed by atoms with E-state index in [0.29, 0.717) is 0 Å². The fraction of sp³-hybridized carbons (Fsp3) is 0.909. The van der Waals surface area contributed by atoms with E-state index >= 15 is 0 Å². The summed E-state index contributed by atoms with van der Waals surface area (Å²) >= 11 is 0. The van der Waals surface area contributed by atoms with Crippen molar-refractivity contribution in [3.05, 3.63) is 0 Å². The number of carbonyl (C=O) groups is 2. The first kappa shape index (κ1) is 31.9. The summed E-state index contributed by atoms with van der Waals surface area (Å²) in [5.41, 5.74) is 0. The Hall–Kier alpha value is -1.58. The molecule has 0 spiro atoms. The highest BCUT2D eigenvalue weighted by Gasteiger charge is 2.52. The van der Waals surface area contributed by atoms with Gasteiger partial charge in [0.2, 0.25) is 11.8 Å². The van der Waals surface area contributed by atoms with Gasteiger partial charge in [-0.25, -0.2) is 0 Å². The molecule has 3 aliphatic rings. The van der Waals surface area contributed by atoms with E-state index in [0.717, 1.165) is 13.8 Å². The van der Waals surface area contributed by atoms with Crippen LogP contribution in [0.5, 0.6) is 0 Å². The fourth-order valence-corrected chi connectivity index (χ4v) is 4.71. The number of ether oxygens (including phenoxy) is 5. The molecule has 0 saturated carbocycles. The summed E-state index contributed by atoms with van der Waals surface area (Å²) < 4.78 is 27.9. The van der Waals surface area contributed by atoms with Crippen LogP contribution in [0.25, 0.3) is 0 Å². The zero-order chi connectivity index (χ0) is 29.2. The van der Waals surface area contributed by atoms with Crippen LogP contribution in [0.3, 0.4) is 0 Å². The molecule has 10 N–H and O–H groups in total. The summed E-state index contributed by atoms with van der Waals surface area (Å²) in [5.74, 6) is -1.25. The fourth-order valence-electron chi connectivity index (χ4n) is 4.71. The predicted octanol–water partition coefficient (Wildman–Crippen LogP) is -6.26. The first-order valence-corrected chi connectivity index (χ1v) is 12.4. The van der Waals surface area contributed by atoms with E-state index in [1.54, 1.807) is 0 Å². The lowest BCUT2D eigenvalue weighted by molar-refractivity contribution is -0.340. The van der Waals surface area contributed by atoms with Gasteiger partial charge in [-0.2, -0.15) is 0 Å². The Balaban J connectivity index is 1.84. The van der Waals surface area contributed by atoms with Gasteiger partial charge < -0.3 is 75.2 Å². The van der Waals surface area contributed by atoms with E-state index in [2.05, 4.69) is 10.6 Å². The summed E-state index contributed by atoms with van der Waals surface area (Å²) in [7, 11) is 0. The van der Waals surface area contributed by atoms with E-state index in [9.17, 15) is 50.4 Å². The summed E-state index contributed by atoms with van der Waals surface area (Å²) in [6.07, 6.45) is -19.6. The minimum absolute atomic E-state index is 0.547. The molecular formula is C22H38N2O15. The van der Waals surface area contributed by atoms with Crippen molar-refractivity contribution in [2.24, 2.45) is 0 Å².